The molecule has 0 radical (unpaired) electrons. The molecule has 1 aromatic rings. The van der Waals surface area contributed by atoms with Gasteiger partial charge in [0.15, 0.2) is 0 Å². The minimum Gasteiger partial charge on any atom is -0.351 e. The lowest BCUT2D eigenvalue weighted by molar-refractivity contribution is 0.0958. The number of amides is 1. The fourth-order valence-corrected chi connectivity index (χ4v) is 2.14. The molecular formula is C8H9BrClNOS. The second-order valence-electron chi connectivity index (χ2n) is 2.40. The van der Waals surface area contributed by atoms with Gasteiger partial charge in [-0.25, -0.2) is 0 Å². The van der Waals surface area contributed by atoms with Crippen LogP contribution in [0.25, 0.3) is 0 Å². The van der Waals surface area contributed by atoms with E-state index in [2.05, 4.69) is 21.2 Å². The van der Waals surface area contributed by atoms with Gasteiger partial charge in [0.1, 0.15) is 4.88 Å². The zero-order chi connectivity index (χ0) is 9.68. The largest absolute Gasteiger partial charge is 0.351 e. The summed E-state index contributed by atoms with van der Waals surface area (Å²) in [6.07, 6.45) is 0.925. The summed E-state index contributed by atoms with van der Waals surface area (Å²) in [5, 5.41) is 6.01. The number of thiophene rings is 1. The predicted molar refractivity (Wildman–Crippen MR) is 60.1 cm³/mol. The topological polar surface area (TPSA) is 29.1 Å². The Hall–Kier alpha value is -0.0600. The van der Waals surface area contributed by atoms with Crippen molar-refractivity contribution in [1.82, 2.24) is 5.32 Å². The van der Waals surface area contributed by atoms with Crippen LogP contribution in [0.4, 0.5) is 0 Å². The van der Waals surface area contributed by atoms with E-state index >= 15 is 0 Å². The van der Waals surface area contributed by atoms with Crippen molar-refractivity contribution < 1.29 is 4.79 Å². The molecule has 2 nitrogen and oxygen atoms in total. The molecule has 0 saturated carbocycles. The van der Waals surface area contributed by atoms with Gasteiger partial charge in [-0.2, -0.15) is 0 Å². The van der Waals surface area contributed by atoms with Crippen LogP contribution in [0.5, 0.6) is 0 Å². The second-order valence-corrected chi connectivity index (χ2v) is 4.51. The molecule has 0 unspecified atom stereocenters. The first kappa shape index (κ1) is 11.0. The molecule has 5 heteroatoms. The zero-order valence-electron chi connectivity index (χ0n) is 6.85. The zero-order valence-corrected chi connectivity index (χ0v) is 10.0. The van der Waals surface area contributed by atoms with Gasteiger partial charge in [-0.15, -0.1) is 11.3 Å². The molecule has 0 saturated heterocycles. The number of hydrogen-bond donors (Lipinski definition) is 1. The van der Waals surface area contributed by atoms with Crippen molar-refractivity contribution >= 4 is 44.8 Å². The van der Waals surface area contributed by atoms with E-state index in [0.717, 1.165) is 11.8 Å². The fraction of sp³-hybridized carbons (Fsp3) is 0.375. The number of carbonyl (C=O) groups is 1. The number of halogens is 2. The normalized spacial score (nSPS) is 10.0. The van der Waals surface area contributed by atoms with E-state index in [1.54, 1.807) is 6.07 Å². The average Bonchev–Trinajstić information content (AvgIpc) is 2.52. The van der Waals surface area contributed by atoms with E-state index in [4.69, 9.17) is 11.6 Å². The molecule has 0 aliphatic heterocycles. The van der Waals surface area contributed by atoms with Crippen LogP contribution in [0.1, 0.15) is 16.1 Å². The monoisotopic (exact) mass is 281 g/mol. The third-order valence-electron chi connectivity index (χ3n) is 1.42. The summed E-state index contributed by atoms with van der Waals surface area (Å²) >= 11 is 10.4. The van der Waals surface area contributed by atoms with E-state index < -0.39 is 0 Å². The molecule has 0 aliphatic carbocycles. The third kappa shape index (κ3) is 3.29. The van der Waals surface area contributed by atoms with Gasteiger partial charge in [0, 0.05) is 11.9 Å². The quantitative estimate of drug-likeness (QED) is 0.668. The molecule has 1 rings (SSSR count). The van der Waals surface area contributed by atoms with E-state index in [0.29, 0.717) is 16.4 Å². The summed E-state index contributed by atoms with van der Waals surface area (Å²) < 4.78 is 0. The summed E-state index contributed by atoms with van der Waals surface area (Å²) in [4.78, 5) is 12.0. The summed E-state index contributed by atoms with van der Waals surface area (Å²) in [7, 11) is 0. The number of hydrogen-bond acceptors (Lipinski definition) is 2. The molecular weight excluding hydrogens is 274 g/mol. The summed E-state index contributed by atoms with van der Waals surface area (Å²) in [6, 6.07) is 1.73. The Bertz CT molecular complexity index is 289. The van der Waals surface area contributed by atoms with Gasteiger partial charge in [-0.05, 0) is 17.9 Å². The molecule has 1 amide bonds. The molecule has 1 aromatic heterocycles. The fourth-order valence-electron chi connectivity index (χ4n) is 0.805. The highest BCUT2D eigenvalue weighted by molar-refractivity contribution is 9.09. The number of alkyl halides is 1. The highest BCUT2D eigenvalue weighted by atomic mass is 79.9. The maximum Gasteiger partial charge on any atom is 0.262 e. The minimum absolute atomic E-state index is 0.0825. The molecule has 13 heavy (non-hydrogen) atoms. The Morgan fingerprint density at radius 2 is 2.46 bits per heavy atom. The van der Waals surface area contributed by atoms with Crippen LogP contribution in [0.2, 0.25) is 5.02 Å². The van der Waals surface area contributed by atoms with Crippen molar-refractivity contribution in [2.75, 3.05) is 11.9 Å². The van der Waals surface area contributed by atoms with Gasteiger partial charge >= 0.3 is 0 Å². The molecule has 0 bridgehead atoms. The second kappa shape index (κ2) is 5.62. The summed E-state index contributed by atoms with van der Waals surface area (Å²) in [5.74, 6) is -0.0825. The van der Waals surface area contributed by atoms with Crippen LogP contribution in [0.15, 0.2) is 11.4 Å². The van der Waals surface area contributed by atoms with Crippen molar-refractivity contribution in [3.05, 3.63) is 21.3 Å². The summed E-state index contributed by atoms with van der Waals surface area (Å²) in [6.45, 7) is 0.679. The van der Waals surface area contributed by atoms with Gasteiger partial charge in [0.25, 0.3) is 5.91 Å². The van der Waals surface area contributed by atoms with Crippen LogP contribution < -0.4 is 5.32 Å². The summed E-state index contributed by atoms with van der Waals surface area (Å²) in [5.41, 5.74) is 0. The first-order valence-electron chi connectivity index (χ1n) is 3.83. The van der Waals surface area contributed by atoms with Gasteiger partial charge in [0.05, 0.1) is 5.02 Å². The highest BCUT2D eigenvalue weighted by Gasteiger charge is 2.10. The van der Waals surface area contributed by atoms with Crippen LogP contribution in [0.3, 0.4) is 0 Å². The highest BCUT2D eigenvalue weighted by Crippen LogP contribution is 2.21. The van der Waals surface area contributed by atoms with E-state index in [9.17, 15) is 4.79 Å². The maximum atomic E-state index is 11.4. The Morgan fingerprint density at radius 3 is 3.00 bits per heavy atom. The standard InChI is InChI=1S/C8H9BrClNOS/c9-3-1-4-11-8(12)7-6(10)2-5-13-7/h2,5H,1,3-4H2,(H,11,12). The first-order valence-corrected chi connectivity index (χ1v) is 6.20. The SMILES string of the molecule is O=C(NCCCBr)c1sccc1Cl. The van der Waals surface area contributed by atoms with Crippen molar-refractivity contribution in [1.29, 1.82) is 0 Å². The van der Waals surface area contributed by atoms with Crippen molar-refractivity contribution in [2.45, 2.75) is 6.42 Å². The van der Waals surface area contributed by atoms with Gasteiger partial charge < -0.3 is 5.32 Å². The average molecular weight is 283 g/mol. The number of rotatable bonds is 4. The van der Waals surface area contributed by atoms with Gasteiger partial charge in [-0.1, -0.05) is 27.5 Å². The number of carbonyl (C=O) groups excluding carboxylic acids is 1. The lowest BCUT2D eigenvalue weighted by Crippen LogP contribution is -2.23. The van der Waals surface area contributed by atoms with Crippen LogP contribution in [-0.2, 0) is 0 Å². The molecule has 0 aliphatic rings. The molecule has 0 spiro atoms. The molecule has 0 atom stereocenters. The Morgan fingerprint density at radius 1 is 1.69 bits per heavy atom. The Labute approximate surface area is 94.4 Å². The van der Waals surface area contributed by atoms with Crippen LogP contribution in [0, 0.1) is 0 Å². The lowest BCUT2D eigenvalue weighted by Gasteiger charge is -2.01. The Kier molecular flexibility index (Phi) is 4.77. The van der Waals surface area contributed by atoms with Crippen molar-refractivity contribution in [3.8, 4) is 0 Å². The lowest BCUT2D eigenvalue weighted by atomic mass is 10.4. The van der Waals surface area contributed by atoms with Gasteiger partial charge in [-0.3, -0.25) is 4.79 Å². The van der Waals surface area contributed by atoms with Crippen LogP contribution >= 0.6 is 38.9 Å². The minimum atomic E-state index is -0.0825. The predicted octanol–water partition coefficient (Wildman–Crippen LogP) is 2.92. The van der Waals surface area contributed by atoms with Crippen molar-refractivity contribution in [3.63, 3.8) is 0 Å². The molecule has 1 N–H and O–H groups in total. The van der Waals surface area contributed by atoms with Crippen molar-refractivity contribution in [2.24, 2.45) is 0 Å². The van der Waals surface area contributed by atoms with E-state index in [1.165, 1.54) is 11.3 Å². The third-order valence-corrected chi connectivity index (χ3v) is 3.32. The Balaban J connectivity index is 2.45. The van der Waals surface area contributed by atoms with Gasteiger partial charge in [0.2, 0.25) is 0 Å². The molecule has 72 valence electrons. The van der Waals surface area contributed by atoms with E-state index in [1.807, 2.05) is 5.38 Å². The molecule has 1 heterocycles. The number of nitrogens with one attached hydrogen (secondary N) is 1. The first-order chi connectivity index (χ1) is 6.25. The van der Waals surface area contributed by atoms with Crippen LogP contribution in [-0.4, -0.2) is 17.8 Å². The maximum absolute atomic E-state index is 11.4. The van der Waals surface area contributed by atoms with E-state index in [-0.39, 0.29) is 5.91 Å². The molecule has 0 fully saturated rings. The molecule has 0 aromatic carbocycles. The smallest absolute Gasteiger partial charge is 0.262 e.